The SMILES string of the molecule is COCC(=O)c1ccc(C=O)c(O)c1. The first-order chi connectivity index (χ1) is 6.69. The molecular weight excluding hydrogens is 184 g/mol. The van der Waals surface area contributed by atoms with Gasteiger partial charge in [0.2, 0.25) is 0 Å². The quantitative estimate of drug-likeness (QED) is 0.574. The summed E-state index contributed by atoms with van der Waals surface area (Å²) in [5.74, 6) is -0.429. The highest BCUT2D eigenvalue weighted by Gasteiger charge is 2.08. The molecule has 0 spiro atoms. The van der Waals surface area contributed by atoms with Crippen molar-refractivity contribution < 1.29 is 19.4 Å². The number of hydrogen-bond donors (Lipinski definition) is 1. The molecule has 0 amide bonds. The van der Waals surface area contributed by atoms with Gasteiger partial charge in [-0.2, -0.15) is 0 Å². The molecule has 0 radical (unpaired) electrons. The predicted molar refractivity (Wildman–Crippen MR) is 49.7 cm³/mol. The van der Waals surface area contributed by atoms with Crippen molar-refractivity contribution >= 4 is 12.1 Å². The van der Waals surface area contributed by atoms with E-state index < -0.39 is 0 Å². The molecule has 0 heterocycles. The van der Waals surface area contributed by atoms with E-state index in [9.17, 15) is 14.7 Å². The summed E-state index contributed by atoms with van der Waals surface area (Å²) in [5.41, 5.74) is 0.494. The highest BCUT2D eigenvalue weighted by Crippen LogP contribution is 2.17. The van der Waals surface area contributed by atoms with Gasteiger partial charge in [-0.15, -0.1) is 0 Å². The molecule has 1 aromatic rings. The van der Waals surface area contributed by atoms with Crippen molar-refractivity contribution in [3.63, 3.8) is 0 Å². The molecule has 1 N–H and O–H groups in total. The summed E-state index contributed by atoms with van der Waals surface area (Å²) in [6, 6.07) is 4.13. The molecule has 0 aliphatic carbocycles. The average molecular weight is 194 g/mol. The van der Waals surface area contributed by atoms with Gasteiger partial charge < -0.3 is 9.84 Å². The van der Waals surface area contributed by atoms with Crippen LogP contribution in [-0.4, -0.2) is 30.9 Å². The van der Waals surface area contributed by atoms with Crippen molar-refractivity contribution in [1.82, 2.24) is 0 Å². The number of phenolic OH excluding ortho intramolecular Hbond substituents is 1. The normalized spacial score (nSPS) is 9.79. The number of rotatable bonds is 4. The molecule has 1 rings (SSSR count). The van der Waals surface area contributed by atoms with Gasteiger partial charge in [-0.05, 0) is 12.1 Å². The average Bonchev–Trinajstić information content (AvgIpc) is 2.18. The van der Waals surface area contributed by atoms with Crippen molar-refractivity contribution in [2.45, 2.75) is 0 Å². The number of phenols is 1. The van der Waals surface area contributed by atoms with E-state index in [0.29, 0.717) is 11.8 Å². The third-order valence-electron chi connectivity index (χ3n) is 1.75. The van der Waals surface area contributed by atoms with Crippen LogP contribution in [0, 0.1) is 0 Å². The predicted octanol–water partition coefficient (Wildman–Crippen LogP) is 1.03. The Morgan fingerprint density at radius 1 is 1.57 bits per heavy atom. The number of Topliss-reactive ketones (excluding diaryl/α,β-unsaturated/α-hetero) is 1. The first-order valence-corrected chi connectivity index (χ1v) is 3.99. The monoisotopic (exact) mass is 194 g/mol. The minimum atomic E-state index is -0.236. The van der Waals surface area contributed by atoms with E-state index in [1.807, 2.05) is 0 Å². The first-order valence-electron chi connectivity index (χ1n) is 3.99. The summed E-state index contributed by atoms with van der Waals surface area (Å²) in [6.07, 6.45) is 0.528. The second-order valence-corrected chi connectivity index (χ2v) is 2.75. The van der Waals surface area contributed by atoms with Crippen molar-refractivity contribution in [2.24, 2.45) is 0 Å². The van der Waals surface area contributed by atoms with Gasteiger partial charge in [-0.3, -0.25) is 9.59 Å². The molecule has 0 aliphatic rings. The zero-order valence-electron chi connectivity index (χ0n) is 7.69. The molecular formula is C10H10O4. The summed E-state index contributed by atoms with van der Waals surface area (Å²) >= 11 is 0. The number of ether oxygens (including phenoxy) is 1. The summed E-state index contributed by atoms with van der Waals surface area (Å²) < 4.78 is 4.65. The maximum atomic E-state index is 11.3. The van der Waals surface area contributed by atoms with E-state index in [4.69, 9.17) is 0 Å². The second-order valence-electron chi connectivity index (χ2n) is 2.75. The minimum absolute atomic E-state index is 0.0418. The Morgan fingerprint density at radius 2 is 2.29 bits per heavy atom. The van der Waals surface area contributed by atoms with Crippen molar-refractivity contribution in [2.75, 3.05) is 13.7 Å². The van der Waals surface area contributed by atoms with Crippen LogP contribution in [0.5, 0.6) is 5.75 Å². The van der Waals surface area contributed by atoms with Crippen molar-refractivity contribution in [3.05, 3.63) is 29.3 Å². The molecule has 4 heteroatoms. The number of ketones is 1. The lowest BCUT2D eigenvalue weighted by Crippen LogP contribution is -2.06. The molecule has 0 saturated heterocycles. The van der Waals surface area contributed by atoms with Crippen LogP contribution in [0.25, 0.3) is 0 Å². The molecule has 14 heavy (non-hydrogen) atoms. The second kappa shape index (κ2) is 4.53. The summed E-state index contributed by atoms with van der Waals surface area (Å²) in [7, 11) is 1.41. The topological polar surface area (TPSA) is 63.6 Å². The Labute approximate surface area is 81.1 Å². The Bertz CT molecular complexity index is 357. The van der Waals surface area contributed by atoms with E-state index >= 15 is 0 Å². The van der Waals surface area contributed by atoms with Crippen LogP contribution in [0.2, 0.25) is 0 Å². The number of aromatic hydroxyl groups is 1. The van der Waals surface area contributed by atoms with Gasteiger partial charge in [0, 0.05) is 12.7 Å². The fourth-order valence-electron chi connectivity index (χ4n) is 1.03. The van der Waals surface area contributed by atoms with Crippen LogP contribution >= 0.6 is 0 Å². The van der Waals surface area contributed by atoms with E-state index in [-0.39, 0.29) is 23.7 Å². The minimum Gasteiger partial charge on any atom is -0.507 e. The number of methoxy groups -OCH3 is 1. The molecule has 74 valence electrons. The van der Waals surface area contributed by atoms with E-state index in [0.717, 1.165) is 0 Å². The van der Waals surface area contributed by atoms with E-state index in [1.165, 1.54) is 25.3 Å². The van der Waals surface area contributed by atoms with Crippen LogP contribution < -0.4 is 0 Å². The fourth-order valence-corrected chi connectivity index (χ4v) is 1.03. The zero-order valence-corrected chi connectivity index (χ0v) is 7.69. The summed E-state index contributed by atoms with van der Waals surface area (Å²) in [4.78, 5) is 21.6. The van der Waals surface area contributed by atoms with Crippen LogP contribution in [0.15, 0.2) is 18.2 Å². The molecule has 0 saturated carbocycles. The lowest BCUT2D eigenvalue weighted by atomic mass is 10.1. The number of aldehydes is 1. The molecule has 0 bridgehead atoms. The number of hydrogen-bond acceptors (Lipinski definition) is 4. The van der Waals surface area contributed by atoms with E-state index in [1.54, 1.807) is 0 Å². The lowest BCUT2D eigenvalue weighted by molar-refractivity contribution is 0.0847. The summed E-state index contributed by atoms with van der Waals surface area (Å²) in [5, 5.41) is 9.28. The molecule has 0 aliphatic heterocycles. The van der Waals surface area contributed by atoms with E-state index in [2.05, 4.69) is 4.74 Å². The Morgan fingerprint density at radius 3 is 2.79 bits per heavy atom. The Balaban J connectivity index is 2.96. The Kier molecular flexibility index (Phi) is 3.36. The third-order valence-corrected chi connectivity index (χ3v) is 1.75. The molecule has 0 aromatic heterocycles. The van der Waals surface area contributed by atoms with Crippen LogP contribution in [0.3, 0.4) is 0 Å². The van der Waals surface area contributed by atoms with Crippen molar-refractivity contribution in [1.29, 1.82) is 0 Å². The molecule has 0 unspecified atom stereocenters. The highest BCUT2D eigenvalue weighted by atomic mass is 16.5. The maximum absolute atomic E-state index is 11.3. The molecule has 4 nitrogen and oxygen atoms in total. The number of benzene rings is 1. The molecule has 0 atom stereocenters. The fraction of sp³-hybridized carbons (Fsp3) is 0.200. The maximum Gasteiger partial charge on any atom is 0.188 e. The van der Waals surface area contributed by atoms with Gasteiger partial charge in [-0.25, -0.2) is 0 Å². The van der Waals surface area contributed by atoms with Gasteiger partial charge >= 0.3 is 0 Å². The van der Waals surface area contributed by atoms with Crippen LogP contribution in [0.4, 0.5) is 0 Å². The number of carbonyl (C=O) groups excluding carboxylic acids is 2. The van der Waals surface area contributed by atoms with Gasteiger partial charge in [0.1, 0.15) is 12.4 Å². The Hall–Kier alpha value is -1.68. The third kappa shape index (κ3) is 2.17. The van der Waals surface area contributed by atoms with Gasteiger partial charge in [-0.1, -0.05) is 6.07 Å². The zero-order chi connectivity index (χ0) is 10.6. The van der Waals surface area contributed by atoms with Crippen LogP contribution in [-0.2, 0) is 4.74 Å². The lowest BCUT2D eigenvalue weighted by Gasteiger charge is -2.01. The van der Waals surface area contributed by atoms with Crippen LogP contribution in [0.1, 0.15) is 20.7 Å². The number of carbonyl (C=O) groups is 2. The smallest absolute Gasteiger partial charge is 0.188 e. The van der Waals surface area contributed by atoms with Gasteiger partial charge in [0.05, 0.1) is 5.56 Å². The standard InChI is InChI=1S/C10H10O4/c1-14-6-10(13)7-2-3-8(5-11)9(12)4-7/h2-5,12H,6H2,1H3. The van der Waals surface area contributed by atoms with Gasteiger partial charge in [0.15, 0.2) is 12.1 Å². The van der Waals surface area contributed by atoms with Crippen molar-refractivity contribution in [3.8, 4) is 5.75 Å². The first kappa shape index (κ1) is 10.4. The molecule has 0 fully saturated rings. The molecule has 1 aromatic carbocycles. The summed E-state index contributed by atoms with van der Waals surface area (Å²) in [6.45, 7) is -0.0418. The largest absolute Gasteiger partial charge is 0.507 e. The van der Waals surface area contributed by atoms with Gasteiger partial charge in [0.25, 0.3) is 0 Å². The highest BCUT2D eigenvalue weighted by molar-refractivity contribution is 5.98.